The van der Waals surface area contributed by atoms with Crippen LogP contribution in [0.3, 0.4) is 0 Å². The molecular weight excluding hydrogens is 605 g/mol. The molecule has 278 valence electrons. The van der Waals surface area contributed by atoms with Gasteiger partial charge in [-0.25, -0.2) is 4.70 Å². The molecule has 1 heterocycles. The molecule has 2 heteroatoms. The Bertz CT molecular complexity index is 1350. The molecule has 1 aliphatic rings. The maximum absolute atomic E-state index is 12.4. The summed E-state index contributed by atoms with van der Waals surface area (Å²) < 4.78 is 1.64. The number of unbranched alkanes of at least 4 members (excludes halogenated alkanes) is 14. The van der Waals surface area contributed by atoms with E-state index in [1.807, 2.05) is 0 Å². The Balaban J connectivity index is 1.89. The first-order valence-electron chi connectivity index (χ1n) is 21.7. The second-order valence-electron chi connectivity index (χ2n) is 15.1. The third kappa shape index (κ3) is 11.3. The molecule has 50 heavy (non-hydrogen) atoms. The van der Waals surface area contributed by atoms with Crippen molar-refractivity contribution in [3.05, 3.63) is 85.5 Å². The van der Waals surface area contributed by atoms with Crippen LogP contribution in [0.15, 0.2) is 35.4 Å². The molecule has 0 aromatic heterocycles. The normalized spacial score (nSPS) is 13.4. The molecule has 0 unspecified atom stereocenters. The highest BCUT2D eigenvalue weighted by atomic mass is 15.2. The molecule has 0 atom stereocenters. The molecule has 0 bridgehead atoms. The minimum atomic E-state index is 1.02. The highest BCUT2D eigenvalue weighted by Crippen LogP contribution is 2.46. The first kappa shape index (κ1) is 41.9. The Morgan fingerprint density at radius 2 is 0.680 bits per heavy atom. The lowest BCUT2D eigenvalue weighted by molar-refractivity contribution is -0.345. The Labute approximate surface area is 310 Å². The van der Waals surface area contributed by atoms with Gasteiger partial charge in [0.2, 0.25) is 11.4 Å². The first-order chi connectivity index (χ1) is 24.4. The molecular formula is C48H76N2. The third-order valence-electron chi connectivity index (χ3n) is 11.6. The lowest BCUT2D eigenvalue weighted by atomic mass is 9.88. The molecule has 0 saturated heterocycles. The van der Waals surface area contributed by atoms with Crippen LogP contribution in [0, 0.1) is 0 Å². The average molecular weight is 681 g/mol. The van der Waals surface area contributed by atoms with Crippen LogP contribution in [0.1, 0.15) is 215 Å². The van der Waals surface area contributed by atoms with Gasteiger partial charge in [0.15, 0.2) is 0 Å². The highest BCUT2D eigenvalue weighted by molar-refractivity contribution is 5.83. The number of aryl methyl sites for hydroxylation is 4. The summed E-state index contributed by atoms with van der Waals surface area (Å²) in [7, 11) is 0. The van der Waals surface area contributed by atoms with E-state index in [4.69, 9.17) is 0 Å². The van der Waals surface area contributed by atoms with Crippen LogP contribution in [0.2, 0.25) is 0 Å². The van der Waals surface area contributed by atoms with E-state index >= 15 is 0 Å². The number of nitrogens with zero attached hydrogens (tertiary/aromatic N) is 2. The van der Waals surface area contributed by atoms with Crippen molar-refractivity contribution in [3.8, 4) is 0 Å². The minimum Gasteiger partial charge on any atom is -0.493 e. The topological polar surface area (TPSA) is 25.3 Å². The number of rotatable bonds is 26. The SMILES string of the molecule is CCCCCCCCCCCCCCCCC1=C(c2cc(CC)c(CC)c(CC)c2)[N+](=[N-])C(c2cc(CC)c(CC)c(CC)c2)=C1CCCC. The zero-order chi connectivity index (χ0) is 36.3. The van der Waals surface area contributed by atoms with Gasteiger partial charge in [-0.15, -0.1) is 0 Å². The molecule has 0 radical (unpaired) electrons. The van der Waals surface area contributed by atoms with Crippen LogP contribution in [0.25, 0.3) is 16.9 Å². The van der Waals surface area contributed by atoms with E-state index in [1.165, 1.54) is 146 Å². The van der Waals surface area contributed by atoms with Gasteiger partial charge >= 0.3 is 0 Å². The van der Waals surface area contributed by atoms with Crippen LogP contribution in [0.4, 0.5) is 0 Å². The average Bonchev–Trinajstić information content (AvgIpc) is 3.42. The Hall–Kier alpha value is -2.48. The fourth-order valence-electron chi connectivity index (χ4n) is 8.67. The van der Waals surface area contributed by atoms with Crippen molar-refractivity contribution < 1.29 is 4.70 Å². The molecule has 2 aromatic rings. The van der Waals surface area contributed by atoms with Crippen LogP contribution in [0.5, 0.6) is 0 Å². The van der Waals surface area contributed by atoms with Crippen molar-refractivity contribution in [3.63, 3.8) is 0 Å². The molecule has 0 spiro atoms. The number of hydrogen-bond donors (Lipinski definition) is 0. The second-order valence-corrected chi connectivity index (χ2v) is 15.1. The van der Waals surface area contributed by atoms with E-state index < -0.39 is 0 Å². The Morgan fingerprint density at radius 1 is 0.380 bits per heavy atom. The van der Waals surface area contributed by atoms with E-state index in [-0.39, 0.29) is 0 Å². The zero-order valence-corrected chi connectivity index (χ0v) is 34.2. The van der Waals surface area contributed by atoms with Crippen LogP contribution < -0.4 is 0 Å². The van der Waals surface area contributed by atoms with Crippen LogP contribution in [-0.2, 0) is 38.5 Å². The van der Waals surface area contributed by atoms with Crippen molar-refractivity contribution in [1.82, 2.24) is 0 Å². The summed E-state index contributed by atoms with van der Waals surface area (Å²) in [5.41, 5.74) is 28.5. The Kier molecular flexibility index (Phi) is 19.4. The lowest BCUT2D eigenvalue weighted by Gasteiger charge is -2.17. The van der Waals surface area contributed by atoms with Crippen LogP contribution >= 0.6 is 0 Å². The standard InChI is InChI=1S/C48H76N2/c1-9-17-19-20-21-22-23-24-25-26-27-28-29-30-32-46-45(31-18-10-2)47(41-33-37(11-3)43(15-7)38(12-4)34-41)50(49)48(46)42-35-39(13-5)44(16-8)40(14-6)36-42/h33-36H,9-32H2,1-8H3. The van der Waals surface area contributed by atoms with E-state index in [0.717, 1.165) is 75.6 Å². The summed E-state index contributed by atoms with van der Waals surface area (Å²) in [4.78, 5) is 0. The molecule has 2 aromatic carbocycles. The predicted octanol–water partition coefficient (Wildman–Crippen LogP) is 15.3. The molecule has 0 N–H and O–H groups in total. The lowest BCUT2D eigenvalue weighted by Crippen LogP contribution is -2.07. The summed E-state index contributed by atoms with van der Waals surface area (Å²) >= 11 is 0. The van der Waals surface area contributed by atoms with Crippen molar-refractivity contribution >= 4 is 11.4 Å². The summed E-state index contributed by atoms with van der Waals surface area (Å²) in [6.07, 6.45) is 29.9. The van der Waals surface area contributed by atoms with E-state index in [2.05, 4.69) is 79.7 Å². The Morgan fingerprint density at radius 3 is 0.980 bits per heavy atom. The molecule has 0 aliphatic carbocycles. The maximum atomic E-state index is 12.4. The van der Waals surface area contributed by atoms with E-state index in [9.17, 15) is 5.53 Å². The third-order valence-corrected chi connectivity index (χ3v) is 11.6. The van der Waals surface area contributed by atoms with Gasteiger partial charge in [0.1, 0.15) is 0 Å². The highest BCUT2D eigenvalue weighted by Gasteiger charge is 2.36. The maximum Gasteiger partial charge on any atom is 0.211 e. The zero-order valence-electron chi connectivity index (χ0n) is 34.2. The van der Waals surface area contributed by atoms with E-state index in [1.54, 1.807) is 4.70 Å². The second kappa shape index (κ2) is 23.2. The fraction of sp³-hybridized carbons (Fsp3) is 0.667. The van der Waals surface area contributed by atoms with Gasteiger partial charge in [0.05, 0.1) is 0 Å². The largest absolute Gasteiger partial charge is 0.493 e. The quantitative estimate of drug-likeness (QED) is 0.0698. The van der Waals surface area contributed by atoms with Crippen LogP contribution in [-0.4, -0.2) is 4.70 Å². The van der Waals surface area contributed by atoms with Gasteiger partial charge < -0.3 is 5.53 Å². The van der Waals surface area contributed by atoms with Crippen molar-refractivity contribution in [2.45, 2.75) is 209 Å². The molecule has 2 nitrogen and oxygen atoms in total. The fourth-order valence-corrected chi connectivity index (χ4v) is 8.67. The molecule has 3 rings (SSSR count). The number of hydrogen-bond acceptors (Lipinski definition) is 0. The molecule has 1 aliphatic heterocycles. The smallest absolute Gasteiger partial charge is 0.211 e. The van der Waals surface area contributed by atoms with Gasteiger partial charge in [-0.05, 0) is 122 Å². The van der Waals surface area contributed by atoms with Gasteiger partial charge in [-0.2, -0.15) is 0 Å². The van der Waals surface area contributed by atoms with Gasteiger partial charge in [-0.3, -0.25) is 0 Å². The van der Waals surface area contributed by atoms with Gasteiger partial charge in [0.25, 0.3) is 0 Å². The monoisotopic (exact) mass is 681 g/mol. The summed E-state index contributed by atoms with van der Waals surface area (Å²) in [5, 5.41) is 0. The first-order valence-corrected chi connectivity index (χ1v) is 21.7. The van der Waals surface area contributed by atoms with Crippen molar-refractivity contribution in [1.29, 1.82) is 0 Å². The minimum absolute atomic E-state index is 1.02. The predicted molar refractivity (Wildman–Crippen MR) is 221 cm³/mol. The van der Waals surface area contributed by atoms with Crippen molar-refractivity contribution in [2.75, 3.05) is 0 Å². The van der Waals surface area contributed by atoms with Gasteiger partial charge in [-0.1, -0.05) is 145 Å². The van der Waals surface area contributed by atoms with E-state index in [0.29, 0.717) is 0 Å². The summed E-state index contributed by atoms with van der Waals surface area (Å²) in [5.74, 6) is 0. The summed E-state index contributed by atoms with van der Waals surface area (Å²) in [6, 6.07) is 9.64. The molecule has 0 fully saturated rings. The van der Waals surface area contributed by atoms with Crippen molar-refractivity contribution in [2.24, 2.45) is 0 Å². The van der Waals surface area contributed by atoms with Gasteiger partial charge in [0, 0.05) is 22.3 Å². The molecule has 0 saturated carbocycles. The number of allylic oxidation sites excluding steroid dienone is 2. The molecule has 0 amide bonds. The number of benzene rings is 2. The summed E-state index contributed by atoms with van der Waals surface area (Å²) in [6.45, 7) is 18.3.